The summed E-state index contributed by atoms with van der Waals surface area (Å²) in [7, 11) is 0. The molecule has 1 aliphatic rings. The van der Waals surface area contributed by atoms with Gasteiger partial charge in [0.25, 0.3) is 0 Å². The third-order valence-electron chi connectivity index (χ3n) is 3.17. The first-order valence-corrected chi connectivity index (χ1v) is 7.96. The molecule has 1 aliphatic heterocycles. The lowest BCUT2D eigenvalue weighted by molar-refractivity contribution is 0.107. The van der Waals surface area contributed by atoms with Crippen LogP contribution in [-0.2, 0) is 0 Å². The molecule has 0 spiro atoms. The molecule has 0 aliphatic carbocycles. The predicted molar refractivity (Wildman–Crippen MR) is 73.1 cm³/mol. The van der Waals surface area contributed by atoms with Crippen LogP contribution in [0.1, 0.15) is 45.4 Å². The van der Waals surface area contributed by atoms with E-state index in [-0.39, 0.29) is 6.10 Å². The molecule has 0 bridgehead atoms. The van der Waals surface area contributed by atoms with E-state index in [2.05, 4.69) is 11.8 Å². The van der Waals surface area contributed by atoms with Crippen LogP contribution in [0.25, 0.3) is 0 Å². The first kappa shape index (κ1) is 14.3. The minimum absolute atomic E-state index is 0.0973. The highest BCUT2D eigenvalue weighted by atomic mass is 32.2. The van der Waals surface area contributed by atoms with Crippen molar-refractivity contribution in [3.05, 3.63) is 0 Å². The lowest BCUT2D eigenvalue weighted by Crippen LogP contribution is -2.34. The quantitative estimate of drug-likeness (QED) is 0.698. The molecule has 1 atom stereocenters. The molecule has 0 aromatic heterocycles. The highest BCUT2D eigenvalue weighted by molar-refractivity contribution is 7.99. The highest BCUT2D eigenvalue weighted by Gasteiger charge is 2.13. The Labute approximate surface area is 105 Å². The van der Waals surface area contributed by atoms with E-state index in [1.807, 2.05) is 11.8 Å². The standard InChI is InChI=1S/C13H27NOS/c1-2-3-4-5-7-13(15)12-14-8-6-10-16-11-9-14/h13,15H,2-12H2,1H3/t13-/m0/s1. The summed E-state index contributed by atoms with van der Waals surface area (Å²) in [5, 5.41) is 9.94. The molecule has 96 valence electrons. The van der Waals surface area contributed by atoms with Gasteiger partial charge in [0.05, 0.1) is 6.10 Å². The molecule has 0 aromatic rings. The Morgan fingerprint density at radius 2 is 2.06 bits per heavy atom. The maximum Gasteiger partial charge on any atom is 0.0667 e. The molecule has 3 heteroatoms. The van der Waals surface area contributed by atoms with Crippen LogP contribution >= 0.6 is 11.8 Å². The van der Waals surface area contributed by atoms with Gasteiger partial charge in [-0.2, -0.15) is 11.8 Å². The summed E-state index contributed by atoms with van der Waals surface area (Å²) in [6.45, 7) is 5.47. The van der Waals surface area contributed by atoms with E-state index in [0.717, 1.165) is 19.5 Å². The lowest BCUT2D eigenvalue weighted by atomic mass is 10.1. The van der Waals surface area contributed by atoms with E-state index < -0.39 is 0 Å². The van der Waals surface area contributed by atoms with E-state index >= 15 is 0 Å². The average molecular weight is 245 g/mol. The Morgan fingerprint density at radius 3 is 2.88 bits per heavy atom. The van der Waals surface area contributed by atoms with E-state index in [4.69, 9.17) is 0 Å². The fourth-order valence-corrected chi connectivity index (χ4v) is 3.10. The number of hydrogen-bond acceptors (Lipinski definition) is 3. The molecule has 1 saturated heterocycles. The van der Waals surface area contributed by atoms with Gasteiger partial charge in [0.2, 0.25) is 0 Å². The third kappa shape index (κ3) is 6.77. The molecule has 0 unspecified atom stereocenters. The van der Waals surface area contributed by atoms with Gasteiger partial charge in [0.15, 0.2) is 0 Å². The normalized spacial score (nSPS) is 20.6. The van der Waals surface area contributed by atoms with Gasteiger partial charge in [-0.25, -0.2) is 0 Å². The minimum Gasteiger partial charge on any atom is -0.392 e. The fraction of sp³-hybridized carbons (Fsp3) is 1.00. The van der Waals surface area contributed by atoms with Crippen LogP contribution in [0.15, 0.2) is 0 Å². The van der Waals surface area contributed by atoms with Gasteiger partial charge in [-0.05, 0) is 25.1 Å². The predicted octanol–water partition coefficient (Wildman–Crippen LogP) is 2.76. The van der Waals surface area contributed by atoms with Crippen LogP contribution in [0, 0.1) is 0 Å². The van der Waals surface area contributed by atoms with E-state index in [9.17, 15) is 5.11 Å². The molecule has 0 amide bonds. The van der Waals surface area contributed by atoms with Crippen LogP contribution in [0.4, 0.5) is 0 Å². The molecule has 1 fully saturated rings. The maximum atomic E-state index is 9.94. The largest absolute Gasteiger partial charge is 0.392 e. The average Bonchev–Trinajstić information content (AvgIpc) is 2.53. The Kier molecular flexibility index (Phi) is 8.34. The number of rotatable bonds is 7. The summed E-state index contributed by atoms with van der Waals surface area (Å²) >= 11 is 2.05. The molecule has 16 heavy (non-hydrogen) atoms. The molecule has 0 aromatic carbocycles. The van der Waals surface area contributed by atoms with Crippen LogP contribution < -0.4 is 0 Å². The molecule has 0 radical (unpaired) electrons. The van der Waals surface area contributed by atoms with Gasteiger partial charge < -0.3 is 5.11 Å². The van der Waals surface area contributed by atoms with Crippen molar-refractivity contribution in [2.75, 3.05) is 31.1 Å². The zero-order valence-corrected chi connectivity index (χ0v) is 11.5. The Bertz CT molecular complexity index is 158. The summed E-state index contributed by atoms with van der Waals surface area (Å²) < 4.78 is 0. The summed E-state index contributed by atoms with van der Waals surface area (Å²) in [4.78, 5) is 2.44. The summed E-state index contributed by atoms with van der Waals surface area (Å²) in [6.07, 6.45) is 7.24. The van der Waals surface area contributed by atoms with Gasteiger partial charge in [0, 0.05) is 18.8 Å². The number of thioether (sulfide) groups is 1. The van der Waals surface area contributed by atoms with Crippen LogP contribution in [0.3, 0.4) is 0 Å². The second-order valence-electron chi connectivity index (χ2n) is 4.77. The number of β-amino-alcohol motifs (C(OH)–C–C–N with tert-alkyl or cyclic N) is 1. The van der Waals surface area contributed by atoms with Gasteiger partial charge in [-0.1, -0.05) is 32.6 Å². The van der Waals surface area contributed by atoms with Crippen molar-refractivity contribution in [3.63, 3.8) is 0 Å². The van der Waals surface area contributed by atoms with Gasteiger partial charge >= 0.3 is 0 Å². The van der Waals surface area contributed by atoms with Crippen LogP contribution in [0.5, 0.6) is 0 Å². The SMILES string of the molecule is CCCCCC[C@H](O)CN1CCCSCC1. The maximum absolute atomic E-state index is 9.94. The second-order valence-corrected chi connectivity index (χ2v) is 5.99. The first-order valence-electron chi connectivity index (χ1n) is 6.81. The topological polar surface area (TPSA) is 23.5 Å². The fourth-order valence-electron chi connectivity index (χ4n) is 2.18. The molecule has 2 nitrogen and oxygen atoms in total. The number of aliphatic hydroxyl groups is 1. The van der Waals surface area contributed by atoms with Crippen LogP contribution in [0.2, 0.25) is 0 Å². The summed E-state index contributed by atoms with van der Waals surface area (Å²) in [5.41, 5.74) is 0. The van der Waals surface area contributed by atoms with Crippen molar-refractivity contribution in [3.8, 4) is 0 Å². The number of unbranched alkanes of at least 4 members (excludes halogenated alkanes) is 3. The van der Waals surface area contributed by atoms with E-state index in [1.54, 1.807) is 0 Å². The number of hydrogen-bond donors (Lipinski definition) is 1. The molecule has 1 heterocycles. The smallest absolute Gasteiger partial charge is 0.0667 e. The van der Waals surface area contributed by atoms with Crippen molar-refractivity contribution in [2.24, 2.45) is 0 Å². The monoisotopic (exact) mass is 245 g/mol. The third-order valence-corrected chi connectivity index (χ3v) is 4.22. The Hall–Kier alpha value is 0.270. The molecule has 1 N–H and O–H groups in total. The lowest BCUT2D eigenvalue weighted by Gasteiger charge is -2.22. The zero-order valence-electron chi connectivity index (χ0n) is 10.7. The van der Waals surface area contributed by atoms with E-state index in [0.29, 0.717) is 0 Å². The first-order chi connectivity index (χ1) is 7.83. The van der Waals surface area contributed by atoms with Gasteiger partial charge in [-0.3, -0.25) is 4.90 Å². The van der Waals surface area contributed by atoms with Crippen molar-refractivity contribution < 1.29 is 5.11 Å². The minimum atomic E-state index is -0.0973. The summed E-state index contributed by atoms with van der Waals surface area (Å²) in [6, 6.07) is 0. The van der Waals surface area contributed by atoms with Crippen molar-refractivity contribution >= 4 is 11.8 Å². The van der Waals surface area contributed by atoms with Crippen LogP contribution in [-0.4, -0.2) is 47.3 Å². The summed E-state index contributed by atoms with van der Waals surface area (Å²) in [5.74, 6) is 2.53. The van der Waals surface area contributed by atoms with Crippen molar-refractivity contribution in [2.45, 2.75) is 51.6 Å². The Balaban J connectivity index is 2.04. The van der Waals surface area contributed by atoms with Crippen molar-refractivity contribution in [1.82, 2.24) is 4.90 Å². The molecule has 1 rings (SSSR count). The van der Waals surface area contributed by atoms with E-state index in [1.165, 1.54) is 50.2 Å². The van der Waals surface area contributed by atoms with Gasteiger partial charge in [-0.15, -0.1) is 0 Å². The number of nitrogens with zero attached hydrogens (tertiary/aromatic N) is 1. The molecular weight excluding hydrogens is 218 g/mol. The second kappa shape index (κ2) is 9.32. The Morgan fingerprint density at radius 1 is 1.19 bits per heavy atom. The zero-order chi connectivity index (χ0) is 11.6. The molecule has 0 saturated carbocycles. The highest BCUT2D eigenvalue weighted by Crippen LogP contribution is 2.12. The number of aliphatic hydroxyl groups excluding tert-OH is 1. The molecular formula is C13H27NOS. The van der Waals surface area contributed by atoms with Gasteiger partial charge in [0.1, 0.15) is 0 Å². The van der Waals surface area contributed by atoms with Crippen molar-refractivity contribution in [1.29, 1.82) is 0 Å².